The highest BCUT2D eigenvalue weighted by Crippen LogP contribution is 2.47. The van der Waals surface area contributed by atoms with Crippen molar-refractivity contribution in [2.24, 2.45) is 11.3 Å². The van der Waals surface area contributed by atoms with Gasteiger partial charge in [-0.1, -0.05) is 0 Å². The number of aliphatic hydroxyl groups excluding tert-OH is 1. The van der Waals surface area contributed by atoms with Gasteiger partial charge in [0.05, 0.1) is 12.0 Å². The predicted octanol–water partition coefficient (Wildman–Crippen LogP) is 2.13. The molecule has 1 atom stereocenters. The number of aliphatic hydroxyl groups is 1. The Bertz CT molecular complexity index is 537. The van der Waals surface area contributed by atoms with E-state index in [9.17, 15) is 18.7 Å². The van der Waals surface area contributed by atoms with Crippen molar-refractivity contribution < 1.29 is 18.7 Å². The summed E-state index contributed by atoms with van der Waals surface area (Å²) in [7, 11) is 0. The first-order valence-electron chi connectivity index (χ1n) is 7.38. The van der Waals surface area contributed by atoms with Crippen LogP contribution in [0.2, 0.25) is 0 Å². The summed E-state index contributed by atoms with van der Waals surface area (Å²) in [5.74, 6) is -0.858. The van der Waals surface area contributed by atoms with E-state index in [0.717, 1.165) is 25.3 Å². The largest absolute Gasteiger partial charge is 0.395 e. The zero-order valence-electron chi connectivity index (χ0n) is 11.8. The van der Waals surface area contributed by atoms with Crippen molar-refractivity contribution in [3.05, 3.63) is 35.4 Å². The van der Waals surface area contributed by atoms with Crippen LogP contribution in [0.3, 0.4) is 0 Å². The van der Waals surface area contributed by atoms with Gasteiger partial charge in [0.15, 0.2) is 0 Å². The van der Waals surface area contributed by atoms with E-state index in [4.69, 9.17) is 0 Å². The second-order valence-corrected chi connectivity index (χ2v) is 6.33. The van der Waals surface area contributed by atoms with E-state index in [1.54, 1.807) is 4.90 Å². The van der Waals surface area contributed by atoms with E-state index in [2.05, 4.69) is 0 Å². The minimum atomic E-state index is -0.562. The lowest BCUT2D eigenvalue weighted by Gasteiger charge is -2.21. The third-order valence-electron chi connectivity index (χ3n) is 4.63. The quantitative estimate of drug-likeness (QED) is 0.924. The van der Waals surface area contributed by atoms with Crippen LogP contribution in [0.5, 0.6) is 0 Å². The van der Waals surface area contributed by atoms with Crippen molar-refractivity contribution >= 4 is 5.91 Å². The third-order valence-corrected chi connectivity index (χ3v) is 4.63. The Labute approximate surface area is 122 Å². The number of nitrogens with zero attached hydrogens (tertiary/aromatic N) is 1. The lowest BCUT2D eigenvalue weighted by molar-refractivity contribution is -0.137. The first kappa shape index (κ1) is 14.4. The second-order valence-electron chi connectivity index (χ2n) is 6.33. The lowest BCUT2D eigenvalue weighted by atomic mass is 9.98. The molecule has 1 aliphatic heterocycles. The fourth-order valence-electron chi connectivity index (χ4n) is 3.17. The number of likely N-dealkylation sites (tertiary alicyclic amines) is 1. The summed E-state index contributed by atoms with van der Waals surface area (Å²) >= 11 is 0. The molecule has 114 valence electrons. The zero-order valence-corrected chi connectivity index (χ0v) is 11.8. The first-order chi connectivity index (χ1) is 10.0. The van der Waals surface area contributed by atoms with Gasteiger partial charge in [0.25, 0.3) is 0 Å². The normalized spacial score (nSPS) is 23.4. The minimum Gasteiger partial charge on any atom is -0.395 e. The first-order valence-corrected chi connectivity index (χ1v) is 7.38. The number of carbonyl (C=O) groups excluding carboxylic acids is 1. The van der Waals surface area contributed by atoms with Crippen molar-refractivity contribution in [2.75, 3.05) is 19.7 Å². The van der Waals surface area contributed by atoms with Gasteiger partial charge in [-0.05, 0) is 49.3 Å². The molecule has 0 radical (unpaired) electrons. The van der Waals surface area contributed by atoms with Crippen LogP contribution in [0.1, 0.15) is 24.8 Å². The van der Waals surface area contributed by atoms with E-state index in [1.807, 2.05) is 0 Å². The standard InChI is InChI=1S/C16H19F2NO2/c17-13-6-12(7-14(18)8-13)5-11-1-4-19(9-11)15(21)16(10-20)2-3-16/h6-8,11,20H,1-5,9-10H2. The van der Waals surface area contributed by atoms with Crippen molar-refractivity contribution in [1.29, 1.82) is 0 Å². The Morgan fingerprint density at radius 3 is 2.52 bits per heavy atom. The number of benzene rings is 1. The molecule has 2 aliphatic rings. The summed E-state index contributed by atoms with van der Waals surface area (Å²) in [6.45, 7) is 1.20. The monoisotopic (exact) mass is 295 g/mol. The number of halogens is 2. The van der Waals surface area contributed by atoms with E-state index >= 15 is 0 Å². The van der Waals surface area contributed by atoms with Crippen LogP contribution in [-0.2, 0) is 11.2 Å². The number of rotatable bonds is 4. The van der Waals surface area contributed by atoms with E-state index in [0.29, 0.717) is 25.1 Å². The van der Waals surface area contributed by atoms with Gasteiger partial charge in [-0.15, -0.1) is 0 Å². The van der Waals surface area contributed by atoms with Gasteiger partial charge < -0.3 is 10.0 Å². The van der Waals surface area contributed by atoms with Crippen molar-refractivity contribution in [3.8, 4) is 0 Å². The topological polar surface area (TPSA) is 40.5 Å². The third kappa shape index (κ3) is 2.93. The number of hydrogen-bond acceptors (Lipinski definition) is 2. The molecule has 1 heterocycles. The molecule has 2 fully saturated rings. The van der Waals surface area contributed by atoms with Crippen LogP contribution < -0.4 is 0 Å². The maximum Gasteiger partial charge on any atom is 0.231 e. The Morgan fingerprint density at radius 1 is 1.29 bits per heavy atom. The van der Waals surface area contributed by atoms with Crippen molar-refractivity contribution in [3.63, 3.8) is 0 Å². The van der Waals surface area contributed by atoms with Crippen LogP contribution in [0.25, 0.3) is 0 Å². The molecule has 0 bridgehead atoms. The summed E-state index contributed by atoms with van der Waals surface area (Å²) in [6.07, 6.45) is 2.94. The molecule has 1 N–H and O–H groups in total. The molecule has 1 aromatic carbocycles. The molecule has 1 aliphatic carbocycles. The molecule has 1 amide bonds. The Hall–Kier alpha value is -1.49. The summed E-state index contributed by atoms with van der Waals surface area (Å²) in [5.41, 5.74) is 0.106. The molecule has 0 spiro atoms. The summed E-state index contributed by atoms with van der Waals surface area (Å²) in [5, 5.41) is 9.32. The van der Waals surface area contributed by atoms with Crippen LogP contribution >= 0.6 is 0 Å². The Morgan fingerprint density at radius 2 is 1.95 bits per heavy atom. The predicted molar refractivity (Wildman–Crippen MR) is 73.5 cm³/mol. The van der Waals surface area contributed by atoms with Gasteiger partial charge in [-0.25, -0.2) is 8.78 Å². The highest BCUT2D eigenvalue weighted by atomic mass is 19.1. The van der Waals surface area contributed by atoms with Gasteiger partial charge in [0.1, 0.15) is 11.6 Å². The SMILES string of the molecule is O=C(N1CCC(Cc2cc(F)cc(F)c2)C1)C1(CO)CC1. The zero-order chi connectivity index (χ0) is 15.0. The molecule has 3 rings (SSSR count). The molecule has 1 unspecified atom stereocenters. The van der Waals surface area contributed by atoms with Crippen LogP contribution in [0.15, 0.2) is 18.2 Å². The van der Waals surface area contributed by atoms with Crippen LogP contribution in [0, 0.1) is 23.0 Å². The molecular formula is C16H19F2NO2. The Kier molecular flexibility index (Phi) is 3.69. The molecule has 1 saturated carbocycles. The van der Waals surface area contributed by atoms with Crippen LogP contribution in [-0.4, -0.2) is 35.6 Å². The number of amides is 1. The summed E-state index contributed by atoms with van der Waals surface area (Å²) in [4.78, 5) is 14.1. The molecule has 5 heteroatoms. The molecule has 0 aromatic heterocycles. The van der Waals surface area contributed by atoms with Gasteiger partial charge in [0, 0.05) is 19.2 Å². The Balaban J connectivity index is 1.61. The molecule has 21 heavy (non-hydrogen) atoms. The van der Waals surface area contributed by atoms with Crippen molar-refractivity contribution in [2.45, 2.75) is 25.7 Å². The second kappa shape index (κ2) is 5.37. The lowest BCUT2D eigenvalue weighted by Crippen LogP contribution is -2.37. The van der Waals surface area contributed by atoms with Gasteiger partial charge >= 0.3 is 0 Å². The molecule has 1 aromatic rings. The fourth-order valence-corrected chi connectivity index (χ4v) is 3.17. The molecular weight excluding hydrogens is 276 g/mol. The number of hydrogen-bond donors (Lipinski definition) is 1. The molecule has 3 nitrogen and oxygen atoms in total. The summed E-state index contributed by atoms with van der Waals surface area (Å²) < 4.78 is 26.4. The maximum absolute atomic E-state index is 13.2. The number of carbonyl (C=O) groups is 1. The summed E-state index contributed by atoms with van der Waals surface area (Å²) in [6, 6.07) is 3.57. The van der Waals surface area contributed by atoms with E-state index < -0.39 is 17.0 Å². The van der Waals surface area contributed by atoms with E-state index in [1.165, 1.54) is 12.1 Å². The van der Waals surface area contributed by atoms with Crippen molar-refractivity contribution in [1.82, 2.24) is 4.90 Å². The van der Waals surface area contributed by atoms with Gasteiger partial charge in [-0.2, -0.15) is 0 Å². The average molecular weight is 295 g/mol. The smallest absolute Gasteiger partial charge is 0.231 e. The minimum absolute atomic E-state index is 0.0397. The van der Waals surface area contributed by atoms with Crippen LogP contribution in [0.4, 0.5) is 8.78 Å². The van der Waals surface area contributed by atoms with Gasteiger partial charge in [-0.3, -0.25) is 4.79 Å². The van der Waals surface area contributed by atoms with E-state index in [-0.39, 0.29) is 18.4 Å². The molecule has 1 saturated heterocycles. The highest BCUT2D eigenvalue weighted by molar-refractivity contribution is 5.85. The average Bonchev–Trinajstić information content (AvgIpc) is 3.10. The fraction of sp³-hybridized carbons (Fsp3) is 0.562. The van der Waals surface area contributed by atoms with Gasteiger partial charge in [0.2, 0.25) is 5.91 Å². The highest BCUT2D eigenvalue weighted by Gasteiger charge is 2.52. The maximum atomic E-state index is 13.2.